The van der Waals surface area contributed by atoms with Gasteiger partial charge in [0.25, 0.3) is 0 Å². The average molecular weight is 214 g/mol. The highest BCUT2D eigenvalue weighted by Crippen LogP contribution is 2.31. The topological polar surface area (TPSA) is 12.9 Å². The van der Waals surface area contributed by atoms with Crippen molar-refractivity contribution in [1.29, 1.82) is 0 Å². The molecule has 0 unspecified atom stereocenters. The maximum Gasteiger partial charge on any atom is 0.433 e. The first-order valence-electron chi connectivity index (χ1n) is 3.24. The van der Waals surface area contributed by atoms with Crippen LogP contribution in [0.2, 0.25) is 0 Å². The number of pyridine rings is 1. The van der Waals surface area contributed by atoms with Crippen LogP contribution in [0.1, 0.15) is 11.4 Å². The highest BCUT2D eigenvalue weighted by atomic mass is 19.4. The molecule has 0 bridgehead atoms. The predicted molar refractivity (Wildman–Crippen MR) is 33.1 cm³/mol. The number of hydrogen-bond donors (Lipinski definition) is 0. The molecule has 0 spiro atoms. The van der Waals surface area contributed by atoms with E-state index in [1.165, 1.54) is 0 Å². The molecule has 1 rings (SSSR count). The number of rotatable bonds is 0. The molecular weight excluding hydrogens is 212 g/mol. The van der Waals surface area contributed by atoms with E-state index in [0.717, 1.165) is 0 Å². The first-order valence-corrected chi connectivity index (χ1v) is 3.24. The Kier molecular flexibility index (Phi) is 2.43. The minimum Gasteiger partial charge on any atom is -0.238 e. The Labute approximate surface area is 74.4 Å². The minimum absolute atomic E-state index is 0.426. The summed E-state index contributed by atoms with van der Waals surface area (Å²) in [6.45, 7) is 0. The molecule has 0 N–H and O–H groups in total. The maximum atomic E-state index is 11.9. The number of hydrogen-bond acceptors (Lipinski definition) is 1. The van der Waals surface area contributed by atoms with Crippen LogP contribution in [0.5, 0.6) is 0 Å². The number of alkyl halides is 6. The Balaban J connectivity index is 3.15. The van der Waals surface area contributed by atoms with Crippen LogP contribution in [0, 0.1) is 6.07 Å². The summed E-state index contributed by atoms with van der Waals surface area (Å²) in [7, 11) is 0. The number of aromatic nitrogens is 1. The van der Waals surface area contributed by atoms with Gasteiger partial charge in [-0.15, -0.1) is 0 Å². The van der Waals surface area contributed by atoms with Gasteiger partial charge in [0.2, 0.25) is 0 Å². The highest BCUT2D eigenvalue weighted by Gasteiger charge is 2.37. The van der Waals surface area contributed by atoms with E-state index in [9.17, 15) is 26.3 Å². The zero-order valence-electron chi connectivity index (χ0n) is 6.37. The summed E-state index contributed by atoms with van der Waals surface area (Å²) in [4.78, 5) is 2.41. The van der Waals surface area contributed by atoms with E-state index in [2.05, 4.69) is 4.98 Å². The summed E-state index contributed by atoms with van der Waals surface area (Å²) in [6, 6.07) is 2.55. The molecule has 1 aromatic rings. The fourth-order valence-electron chi connectivity index (χ4n) is 0.693. The smallest absolute Gasteiger partial charge is 0.238 e. The van der Waals surface area contributed by atoms with E-state index in [1.54, 1.807) is 6.07 Å². The second-order valence-electron chi connectivity index (χ2n) is 2.32. The molecule has 0 aliphatic carbocycles. The minimum atomic E-state index is -4.92. The lowest BCUT2D eigenvalue weighted by molar-refractivity contribution is -0.150. The van der Waals surface area contributed by atoms with Gasteiger partial charge in [-0.1, -0.05) is 0 Å². The Hall–Kier alpha value is -1.27. The number of nitrogens with zero attached hydrogens (tertiary/aromatic N) is 1. The summed E-state index contributed by atoms with van der Waals surface area (Å²) >= 11 is 0. The second-order valence-corrected chi connectivity index (χ2v) is 2.32. The first-order chi connectivity index (χ1) is 6.21. The lowest BCUT2D eigenvalue weighted by Crippen LogP contribution is -2.14. The van der Waals surface area contributed by atoms with E-state index < -0.39 is 23.7 Å². The van der Waals surface area contributed by atoms with Crippen molar-refractivity contribution in [2.45, 2.75) is 12.4 Å². The number of halogens is 6. The molecule has 0 fully saturated rings. The van der Waals surface area contributed by atoms with E-state index in [1.807, 2.05) is 0 Å². The van der Waals surface area contributed by atoms with Gasteiger partial charge in [-0.05, 0) is 12.1 Å². The van der Waals surface area contributed by atoms with Gasteiger partial charge < -0.3 is 0 Å². The first kappa shape index (κ1) is 10.8. The molecule has 0 saturated heterocycles. The largest absolute Gasteiger partial charge is 0.433 e. The standard InChI is InChI=1S/C7H2F6N/c8-6(9,10)4-2-1-3-5(14-4)7(11,12)13/h1-2H. The molecular formula is C7H2F6N. The Morgan fingerprint density at radius 1 is 1.00 bits per heavy atom. The van der Waals surface area contributed by atoms with Gasteiger partial charge >= 0.3 is 12.4 Å². The lowest BCUT2D eigenvalue weighted by Gasteiger charge is -2.08. The molecule has 1 heterocycles. The summed E-state index contributed by atoms with van der Waals surface area (Å²) in [5.41, 5.74) is -3.25. The molecule has 0 aromatic carbocycles. The fourth-order valence-corrected chi connectivity index (χ4v) is 0.693. The van der Waals surface area contributed by atoms with Crippen molar-refractivity contribution in [3.63, 3.8) is 0 Å². The lowest BCUT2D eigenvalue weighted by atomic mass is 10.3. The van der Waals surface area contributed by atoms with Crippen molar-refractivity contribution in [2.75, 3.05) is 0 Å². The normalized spacial score (nSPS) is 13.0. The zero-order valence-corrected chi connectivity index (χ0v) is 6.37. The second kappa shape index (κ2) is 3.14. The van der Waals surface area contributed by atoms with Gasteiger partial charge in [-0.3, -0.25) is 0 Å². The van der Waals surface area contributed by atoms with Gasteiger partial charge in [-0.25, -0.2) is 4.98 Å². The predicted octanol–water partition coefficient (Wildman–Crippen LogP) is 2.92. The molecule has 1 radical (unpaired) electrons. The zero-order chi connectivity index (χ0) is 11.0. The molecule has 1 nitrogen and oxygen atoms in total. The van der Waals surface area contributed by atoms with Crippen LogP contribution >= 0.6 is 0 Å². The summed E-state index contributed by atoms with van der Waals surface area (Å²) in [5.74, 6) is 0. The Morgan fingerprint density at radius 3 is 2.00 bits per heavy atom. The molecule has 0 amide bonds. The van der Waals surface area contributed by atoms with E-state index in [0.29, 0.717) is 12.1 Å². The monoisotopic (exact) mass is 214 g/mol. The van der Waals surface area contributed by atoms with Crippen molar-refractivity contribution in [3.8, 4) is 0 Å². The van der Waals surface area contributed by atoms with Crippen LogP contribution in [-0.2, 0) is 12.4 Å². The molecule has 0 atom stereocenters. The van der Waals surface area contributed by atoms with Gasteiger partial charge in [0.05, 0.1) is 0 Å². The van der Waals surface area contributed by atoms with Gasteiger partial charge in [0.1, 0.15) is 5.69 Å². The fraction of sp³-hybridized carbons (Fsp3) is 0.286. The Bertz CT molecular complexity index is 296. The molecule has 77 valence electrons. The maximum absolute atomic E-state index is 11.9. The van der Waals surface area contributed by atoms with Crippen LogP contribution in [0.4, 0.5) is 26.3 Å². The van der Waals surface area contributed by atoms with Crippen LogP contribution in [0.3, 0.4) is 0 Å². The quantitative estimate of drug-likeness (QED) is 0.605. The average Bonchev–Trinajstić information content (AvgIpc) is 2.01. The third-order valence-corrected chi connectivity index (χ3v) is 1.25. The van der Waals surface area contributed by atoms with Crippen LogP contribution in [0.15, 0.2) is 12.1 Å². The van der Waals surface area contributed by atoms with E-state index >= 15 is 0 Å². The SMILES string of the molecule is FC(F)(F)c1[c]ccc(C(F)(F)F)n1. The van der Waals surface area contributed by atoms with Crippen LogP contribution < -0.4 is 0 Å². The third kappa shape index (κ3) is 2.36. The summed E-state index contributed by atoms with van der Waals surface area (Å²) < 4.78 is 71.4. The van der Waals surface area contributed by atoms with Crippen molar-refractivity contribution >= 4 is 0 Å². The molecule has 0 aliphatic rings. The molecule has 14 heavy (non-hydrogen) atoms. The summed E-state index contributed by atoms with van der Waals surface area (Å²) in [6.07, 6.45) is -9.80. The van der Waals surface area contributed by atoms with E-state index in [-0.39, 0.29) is 0 Å². The molecule has 7 heteroatoms. The van der Waals surface area contributed by atoms with Gasteiger partial charge in [0, 0.05) is 6.07 Å². The van der Waals surface area contributed by atoms with Gasteiger partial charge in [0.15, 0.2) is 5.69 Å². The van der Waals surface area contributed by atoms with Crippen molar-refractivity contribution in [1.82, 2.24) is 4.98 Å². The molecule has 0 aliphatic heterocycles. The van der Waals surface area contributed by atoms with E-state index in [4.69, 9.17) is 0 Å². The molecule has 0 saturated carbocycles. The Morgan fingerprint density at radius 2 is 1.57 bits per heavy atom. The summed E-state index contributed by atoms with van der Waals surface area (Å²) in [5, 5.41) is 0. The van der Waals surface area contributed by atoms with Crippen LogP contribution in [0.25, 0.3) is 0 Å². The molecule has 1 aromatic heterocycles. The van der Waals surface area contributed by atoms with Gasteiger partial charge in [-0.2, -0.15) is 26.3 Å². The highest BCUT2D eigenvalue weighted by molar-refractivity contribution is 5.14. The van der Waals surface area contributed by atoms with Crippen LogP contribution in [-0.4, -0.2) is 4.98 Å². The van der Waals surface area contributed by atoms with Crippen molar-refractivity contribution in [3.05, 3.63) is 29.6 Å². The third-order valence-electron chi connectivity index (χ3n) is 1.25. The van der Waals surface area contributed by atoms with Crippen molar-refractivity contribution < 1.29 is 26.3 Å². The van der Waals surface area contributed by atoms with Crippen molar-refractivity contribution in [2.24, 2.45) is 0 Å².